The van der Waals surface area contributed by atoms with Gasteiger partial charge in [0.1, 0.15) is 5.37 Å². The van der Waals surface area contributed by atoms with Gasteiger partial charge in [-0.1, -0.05) is 30.3 Å². The van der Waals surface area contributed by atoms with E-state index in [-0.39, 0.29) is 6.42 Å². The Morgan fingerprint density at radius 2 is 1.85 bits per heavy atom. The summed E-state index contributed by atoms with van der Waals surface area (Å²) in [5, 5.41) is -1.24. The average Bonchev–Trinajstić information content (AvgIpc) is 2.04. The maximum absolute atomic E-state index is 10.6. The fraction of sp³-hybridized carbons (Fsp3) is 0.250. The molecule has 0 radical (unpaired) electrons. The van der Waals surface area contributed by atoms with Gasteiger partial charge in [-0.3, -0.25) is 4.55 Å². The van der Waals surface area contributed by atoms with Crippen LogP contribution in [0.4, 0.5) is 0 Å². The standard InChI is InChI=1S/C8H11NO3S/c9-8(13(10,11)12)6-7-4-2-1-3-5-7/h1-5,8H,6,9H2,(H,10,11,12)/t8-/m1/s1. The molecule has 1 aromatic carbocycles. The maximum Gasteiger partial charge on any atom is 0.281 e. The molecule has 13 heavy (non-hydrogen) atoms. The van der Waals surface area contributed by atoms with Crippen molar-refractivity contribution < 1.29 is 13.0 Å². The molecule has 1 rings (SSSR count). The van der Waals surface area contributed by atoms with Crippen LogP contribution in [0.1, 0.15) is 5.56 Å². The molecule has 72 valence electrons. The van der Waals surface area contributed by atoms with Gasteiger partial charge in [-0.05, 0) is 5.56 Å². The molecule has 0 aromatic heterocycles. The fourth-order valence-electron chi connectivity index (χ4n) is 0.952. The van der Waals surface area contributed by atoms with E-state index in [1.54, 1.807) is 24.3 Å². The summed E-state index contributed by atoms with van der Waals surface area (Å²) >= 11 is 0. The van der Waals surface area contributed by atoms with E-state index in [0.29, 0.717) is 0 Å². The van der Waals surface area contributed by atoms with Crippen LogP contribution in [-0.2, 0) is 16.5 Å². The molecule has 0 spiro atoms. The molecular weight excluding hydrogens is 190 g/mol. The molecule has 0 aliphatic carbocycles. The Labute approximate surface area is 77.1 Å². The van der Waals surface area contributed by atoms with Crippen LogP contribution in [0.25, 0.3) is 0 Å². The summed E-state index contributed by atoms with van der Waals surface area (Å²) in [7, 11) is -4.12. The van der Waals surface area contributed by atoms with E-state index in [2.05, 4.69) is 0 Å². The Balaban J connectivity index is 2.72. The summed E-state index contributed by atoms with van der Waals surface area (Å²) < 4.78 is 29.7. The van der Waals surface area contributed by atoms with E-state index >= 15 is 0 Å². The molecule has 4 nitrogen and oxygen atoms in total. The van der Waals surface area contributed by atoms with Crippen molar-refractivity contribution in [2.75, 3.05) is 0 Å². The van der Waals surface area contributed by atoms with Crippen molar-refractivity contribution in [1.82, 2.24) is 0 Å². The molecule has 0 heterocycles. The van der Waals surface area contributed by atoms with Crippen LogP contribution in [0.15, 0.2) is 30.3 Å². The lowest BCUT2D eigenvalue weighted by Gasteiger charge is -2.07. The molecular formula is C8H11NO3S. The molecule has 0 saturated carbocycles. The lowest BCUT2D eigenvalue weighted by molar-refractivity contribution is 0.467. The molecule has 0 amide bonds. The largest absolute Gasteiger partial charge is 0.313 e. The van der Waals surface area contributed by atoms with Gasteiger partial charge in [0, 0.05) is 6.42 Å². The smallest absolute Gasteiger partial charge is 0.281 e. The summed E-state index contributed by atoms with van der Waals surface area (Å²) in [4.78, 5) is 0. The van der Waals surface area contributed by atoms with Crippen molar-refractivity contribution in [2.24, 2.45) is 5.73 Å². The fourth-order valence-corrected chi connectivity index (χ4v) is 1.35. The number of nitrogens with two attached hydrogens (primary N) is 1. The van der Waals surface area contributed by atoms with Crippen molar-refractivity contribution in [1.29, 1.82) is 0 Å². The topological polar surface area (TPSA) is 80.4 Å². The molecule has 1 atom stereocenters. The van der Waals surface area contributed by atoms with Gasteiger partial charge in [-0.15, -0.1) is 0 Å². The van der Waals surface area contributed by atoms with Crippen LogP contribution in [0, 0.1) is 0 Å². The molecule has 0 aliphatic heterocycles. The van der Waals surface area contributed by atoms with Crippen LogP contribution >= 0.6 is 0 Å². The van der Waals surface area contributed by atoms with Gasteiger partial charge in [-0.2, -0.15) is 8.42 Å². The minimum atomic E-state index is -4.12. The molecule has 0 aliphatic rings. The Bertz CT molecular complexity index is 360. The Morgan fingerprint density at radius 3 is 2.31 bits per heavy atom. The molecule has 1 aromatic rings. The first kappa shape index (κ1) is 10.2. The minimum Gasteiger partial charge on any atom is -0.313 e. The predicted octanol–water partition coefficient (Wildman–Crippen LogP) is 0.402. The van der Waals surface area contributed by atoms with E-state index < -0.39 is 15.5 Å². The van der Waals surface area contributed by atoms with Crippen LogP contribution in [0.2, 0.25) is 0 Å². The van der Waals surface area contributed by atoms with Crippen molar-refractivity contribution in [2.45, 2.75) is 11.8 Å². The van der Waals surface area contributed by atoms with Crippen LogP contribution < -0.4 is 5.73 Å². The first-order valence-corrected chi connectivity index (χ1v) is 5.26. The monoisotopic (exact) mass is 201 g/mol. The first-order chi connectivity index (χ1) is 6.00. The van der Waals surface area contributed by atoms with E-state index in [1.807, 2.05) is 6.07 Å². The SMILES string of the molecule is N[C@@H](Cc1ccccc1)S(=O)(=O)O. The van der Waals surface area contributed by atoms with Crippen LogP contribution in [-0.4, -0.2) is 18.3 Å². The number of benzene rings is 1. The van der Waals surface area contributed by atoms with Gasteiger partial charge in [0.25, 0.3) is 10.1 Å². The molecule has 0 unspecified atom stereocenters. The highest BCUT2D eigenvalue weighted by molar-refractivity contribution is 7.86. The summed E-state index contributed by atoms with van der Waals surface area (Å²) in [6, 6.07) is 8.90. The quantitative estimate of drug-likeness (QED) is 0.694. The Kier molecular flexibility index (Phi) is 3.02. The number of hydrogen-bond acceptors (Lipinski definition) is 3. The molecule has 0 bridgehead atoms. The molecule has 0 saturated heterocycles. The highest BCUT2D eigenvalue weighted by atomic mass is 32.2. The third kappa shape index (κ3) is 3.14. The lowest BCUT2D eigenvalue weighted by atomic mass is 10.2. The molecule has 0 fully saturated rings. The van der Waals surface area contributed by atoms with Crippen LogP contribution in [0.3, 0.4) is 0 Å². The highest BCUT2D eigenvalue weighted by Crippen LogP contribution is 2.04. The summed E-state index contributed by atoms with van der Waals surface area (Å²) in [5.74, 6) is 0. The second-order valence-corrected chi connectivity index (χ2v) is 4.38. The van der Waals surface area contributed by atoms with Gasteiger partial charge in [-0.25, -0.2) is 0 Å². The second-order valence-electron chi connectivity index (χ2n) is 2.74. The summed E-state index contributed by atoms with van der Waals surface area (Å²) in [5.41, 5.74) is 6.03. The van der Waals surface area contributed by atoms with Crippen molar-refractivity contribution in [3.8, 4) is 0 Å². The molecule has 3 N–H and O–H groups in total. The van der Waals surface area contributed by atoms with Crippen molar-refractivity contribution in [3.63, 3.8) is 0 Å². The Morgan fingerprint density at radius 1 is 1.31 bits per heavy atom. The lowest BCUT2D eigenvalue weighted by Crippen LogP contribution is -2.32. The van der Waals surface area contributed by atoms with Gasteiger partial charge in [0.05, 0.1) is 0 Å². The van der Waals surface area contributed by atoms with Crippen LogP contribution in [0.5, 0.6) is 0 Å². The van der Waals surface area contributed by atoms with E-state index in [0.717, 1.165) is 5.56 Å². The van der Waals surface area contributed by atoms with Crippen molar-refractivity contribution >= 4 is 10.1 Å². The second kappa shape index (κ2) is 3.87. The predicted molar refractivity (Wildman–Crippen MR) is 49.7 cm³/mol. The minimum absolute atomic E-state index is 0.125. The third-order valence-corrected chi connectivity index (χ3v) is 2.59. The summed E-state index contributed by atoms with van der Waals surface area (Å²) in [6.07, 6.45) is 0.125. The maximum atomic E-state index is 10.6. The highest BCUT2D eigenvalue weighted by Gasteiger charge is 2.17. The normalized spacial score (nSPS) is 14.0. The first-order valence-electron chi connectivity index (χ1n) is 3.76. The van der Waals surface area contributed by atoms with Gasteiger partial charge >= 0.3 is 0 Å². The summed E-state index contributed by atoms with van der Waals surface area (Å²) in [6.45, 7) is 0. The number of rotatable bonds is 3. The van der Waals surface area contributed by atoms with E-state index in [1.165, 1.54) is 0 Å². The van der Waals surface area contributed by atoms with Gasteiger partial charge in [0.2, 0.25) is 0 Å². The zero-order chi connectivity index (χ0) is 9.90. The average molecular weight is 201 g/mol. The van der Waals surface area contributed by atoms with Crippen molar-refractivity contribution in [3.05, 3.63) is 35.9 Å². The van der Waals surface area contributed by atoms with E-state index in [9.17, 15) is 8.42 Å². The van der Waals surface area contributed by atoms with Gasteiger partial charge in [0.15, 0.2) is 0 Å². The van der Waals surface area contributed by atoms with Gasteiger partial charge < -0.3 is 5.73 Å². The Hall–Kier alpha value is -0.910. The number of hydrogen-bond donors (Lipinski definition) is 2. The molecule has 5 heteroatoms. The third-order valence-electron chi connectivity index (χ3n) is 1.66. The van der Waals surface area contributed by atoms with E-state index in [4.69, 9.17) is 10.3 Å². The zero-order valence-corrected chi connectivity index (χ0v) is 7.74. The zero-order valence-electron chi connectivity index (χ0n) is 6.92.